The van der Waals surface area contributed by atoms with Crippen LogP contribution in [0, 0.1) is 0 Å². The maximum Gasteiger partial charge on any atom is 0.243 e. The topological polar surface area (TPSA) is 67.9 Å². The molecule has 0 fully saturated rings. The van der Waals surface area contributed by atoms with Crippen LogP contribution < -0.4 is 14.8 Å². The van der Waals surface area contributed by atoms with Crippen molar-refractivity contribution in [3.05, 3.63) is 59.7 Å². The standard InChI is InChI=1S/C29H42N2O4/c1-6-22(5)30-29(33)25(7-2)31(20-19-23-13-11-10-12-14-23)28(32)18-16-24-15-17-26(34-8-3)27(21-24)35-9-4/h10-15,17,21-22,25H,6-9,16,18-20H2,1-5H3,(H,30,33)/t22-,25-/m0/s1. The first-order chi connectivity index (χ1) is 16.9. The second-order valence-electron chi connectivity index (χ2n) is 8.71. The fraction of sp³-hybridized carbons (Fsp3) is 0.517. The van der Waals surface area contributed by atoms with E-state index in [9.17, 15) is 9.59 Å². The summed E-state index contributed by atoms with van der Waals surface area (Å²) >= 11 is 0. The fourth-order valence-electron chi connectivity index (χ4n) is 3.98. The minimum absolute atomic E-state index is 0.0149. The molecule has 192 valence electrons. The van der Waals surface area contributed by atoms with Crippen molar-refractivity contribution >= 4 is 11.8 Å². The van der Waals surface area contributed by atoms with Gasteiger partial charge in [0.25, 0.3) is 0 Å². The number of hydrogen-bond acceptors (Lipinski definition) is 4. The SMILES string of the molecule is CCOc1ccc(CCC(=O)N(CCc2ccccc2)[C@@H](CC)C(=O)N[C@@H](C)CC)cc1OCC. The Morgan fingerprint density at radius 3 is 2.17 bits per heavy atom. The molecule has 35 heavy (non-hydrogen) atoms. The molecule has 0 aliphatic heterocycles. The number of nitrogens with zero attached hydrogens (tertiary/aromatic N) is 1. The van der Waals surface area contributed by atoms with Gasteiger partial charge in [0.2, 0.25) is 11.8 Å². The van der Waals surface area contributed by atoms with Crippen LogP contribution in [0.1, 0.15) is 65.0 Å². The van der Waals surface area contributed by atoms with Crippen molar-refractivity contribution < 1.29 is 19.1 Å². The summed E-state index contributed by atoms with van der Waals surface area (Å²) in [6.07, 6.45) is 3.01. The lowest BCUT2D eigenvalue weighted by molar-refractivity contribution is -0.141. The normalized spacial score (nSPS) is 12.5. The van der Waals surface area contributed by atoms with Gasteiger partial charge in [-0.1, -0.05) is 50.2 Å². The van der Waals surface area contributed by atoms with Crippen molar-refractivity contribution in [1.82, 2.24) is 10.2 Å². The molecule has 0 saturated heterocycles. The molecule has 1 N–H and O–H groups in total. The number of carbonyl (C=O) groups excluding carboxylic acids is 2. The van der Waals surface area contributed by atoms with Crippen molar-refractivity contribution in [2.45, 2.75) is 78.8 Å². The maximum atomic E-state index is 13.5. The van der Waals surface area contributed by atoms with Crippen molar-refractivity contribution in [2.24, 2.45) is 0 Å². The lowest BCUT2D eigenvalue weighted by atomic mass is 10.0. The highest BCUT2D eigenvalue weighted by Crippen LogP contribution is 2.29. The van der Waals surface area contributed by atoms with E-state index in [-0.39, 0.29) is 17.9 Å². The fourth-order valence-corrected chi connectivity index (χ4v) is 3.98. The predicted octanol–water partition coefficient (Wildman–Crippen LogP) is 5.18. The third-order valence-corrected chi connectivity index (χ3v) is 6.11. The molecule has 2 aromatic carbocycles. The first-order valence-corrected chi connectivity index (χ1v) is 13.0. The summed E-state index contributed by atoms with van der Waals surface area (Å²) in [4.78, 5) is 28.3. The molecule has 0 unspecified atom stereocenters. The summed E-state index contributed by atoms with van der Waals surface area (Å²) in [6.45, 7) is 11.5. The van der Waals surface area contributed by atoms with Gasteiger partial charge in [0.15, 0.2) is 11.5 Å². The van der Waals surface area contributed by atoms with Gasteiger partial charge in [0.1, 0.15) is 6.04 Å². The van der Waals surface area contributed by atoms with Gasteiger partial charge in [0, 0.05) is 19.0 Å². The molecule has 0 aromatic heterocycles. The van der Waals surface area contributed by atoms with Crippen LogP contribution >= 0.6 is 0 Å². The Balaban J connectivity index is 2.17. The Hall–Kier alpha value is -3.02. The van der Waals surface area contributed by atoms with Crippen molar-refractivity contribution in [2.75, 3.05) is 19.8 Å². The van der Waals surface area contributed by atoms with Crippen LogP contribution in [-0.2, 0) is 22.4 Å². The number of rotatable bonds is 15. The minimum Gasteiger partial charge on any atom is -0.490 e. The van der Waals surface area contributed by atoms with E-state index in [2.05, 4.69) is 17.4 Å². The van der Waals surface area contributed by atoms with Crippen LogP contribution in [0.15, 0.2) is 48.5 Å². The number of nitrogens with one attached hydrogen (secondary N) is 1. The smallest absolute Gasteiger partial charge is 0.243 e. The zero-order valence-electron chi connectivity index (χ0n) is 22.0. The molecule has 2 aromatic rings. The second-order valence-corrected chi connectivity index (χ2v) is 8.71. The van der Waals surface area contributed by atoms with E-state index in [1.54, 1.807) is 4.90 Å². The molecule has 0 saturated carbocycles. The molecule has 6 nitrogen and oxygen atoms in total. The van der Waals surface area contributed by atoms with Crippen LogP contribution in [0.2, 0.25) is 0 Å². The largest absolute Gasteiger partial charge is 0.490 e. The van der Waals surface area contributed by atoms with E-state index in [4.69, 9.17) is 9.47 Å². The van der Waals surface area contributed by atoms with Gasteiger partial charge in [0.05, 0.1) is 13.2 Å². The molecular formula is C29H42N2O4. The van der Waals surface area contributed by atoms with Gasteiger partial charge in [-0.2, -0.15) is 0 Å². The average molecular weight is 483 g/mol. The summed E-state index contributed by atoms with van der Waals surface area (Å²) in [5.41, 5.74) is 2.15. The quantitative estimate of drug-likeness (QED) is 0.380. The molecule has 2 amide bonds. The third-order valence-electron chi connectivity index (χ3n) is 6.11. The van der Waals surface area contributed by atoms with Gasteiger partial charge in [-0.15, -0.1) is 0 Å². The zero-order chi connectivity index (χ0) is 25.6. The van der Waals surface area contributed by atoms with Crippen molar-refractivity contribution in [1.29, 1.82) is 0 Å². The maximum absolute atomic E-state index is 13.5. The molecule has 0 aliphatic rings. The van der Waals surface area contributed by atoms with Gasteiger partial charge in [-0.25, -0.2) is 0 Å². The van der Waals surface area contributed by atoms with E-state index < -0.39 is 6.04 Å². The lowest BCUT2D eigenvalue weighted by Crippen LogP contribution is -2.51. The van der Waals surface area contributed by atoms with Crippen LogP contribution in [0.4, 0.5) is 0 Å². The molecular weight excluding hydrogens is 440 g/mol. The summed E-state index contributed by atoms with van der Waals surface area (Å²) in [7, 11) is 0. The van der Waals surface area contributed by atoms with Gasteiger partial charge in [-0.3, -0.25) is 9.59 Å². The highest BCUT2D eigenvalue weighted by molar-refractivity contribution is 5.88. The number of amides is 2. The van der Waals surface area contributed by atoms with Gasteiger partial charge < -0.3 is 19.7 Å². The van der Waals surface area contributed by atoms with Crippen LogP contribution in [0.3, 0.4) is 0 Å². The van der Waals surface area contributed by atoms with Crippen molar-refractivity contribution in [3.8, 4) is 11.5 Å². The van der Waals surface area contributed by atoms with Crippen LogP contribution in [0.5, 0.6) is 11.5 Å². The highest BCUT2D eigenvalue weighted by atomic mass is 16.5. The van der Waals surface area contributed by atoms with Crippen LogP contribution in [-0.4, -0.2) is 48.6 Å². The first kappa shape index (κ1) is 28.2. The minimum atomic E-state index is -0.487. The van der Waals surface area contributed by atoms with Crippen LogP contribution in [0.25, 0.3) is 0 Å². The van der Waals surface area contributed by atoms with Gasteiger partial charge >= 0.3 is 0 Å². The average Bonchev–Trinajstić information content (AvgIpc) is 2.87. The van der Waals surface area contributed by atoms with E-state index >= 15 is 0 Å². The zero-order valence-corrected chi connectivity index (χ0v) is 22.0. The molecule has 2 atom stereocenters. The monoisotopic (exact) mass is 482 g/mol. The first-order valence-electron chi connectivity index (χ1n) is 13.0. The second kappa shape index (κ2) is 15.1. The number of ether oxygens (including phenoxy) is 2. The Morgan fingerprint density at radius 1 is 0.857 bits per heavy atom. The molecule has 2 rings (SSSR count). The number of hydrogen-bond donors (Lipinski definition) is 1. The number of aryl methyl sites for hydroxylation is 1. The summed E-state index contributed by atoms with van der Waals surface area (Å²) in [5.74, 6) is 1.31. The molecule has 0 aliphatic carbocycles. The molecule has 6 heteroatoms. The Labute approximate surface area is 211 Å². The third kappa shape index (κ3) is 8.93. The van der Waals surface area contributed by atoms with E-state index in [1.165, 1.54) is 0 Å². The highest BCUT2D eigenvalue weighted by Gasteiger charge is 2.28. The number of carbonyl (C=O) groups is 2. The van der Waals surface area contributed by atoms with E-state index in [0.717, 1.165) is 17.5 Å². The van der Waals surface area contributed by atoms with Crippen molar-refractivity contribution in [3.63, 3.8) is 0 Å². The lowest BCUT2D eigenvalue weighted by Gasteiger charge is -2.31. The van der Waals surface area contributed by atoms with E-state index in [1.807, 2.05) is 71.0 Å². The molecule has 0 spiro atoms. The predicted molar refractivity (Wildman–Crippen MR) is 141 cm³/mol. The molecule has 0 radical (unpaired) electrons. The summed E-state index contributed by atoms with van der Waals surface area (Å²) < 4.78 is 11.4. The molecule has 0 bridgehead atoms. The summed E-state index contributed by atoms with van der Waals surface area (Å²) in [5, 5.41) is 3.06. The Morgan fingerprint density at radius 2 is 1.54 bits per heavy atom. The molecule has 0 heterocycles. The summed E-state index contributed by atoms with van der Waals surface area (Å²) in [6, 6.07) is 15.5. The van der Waals surface area contributed by atoms with E-state index in [0.29, 0.717) is 56.9 Å². The Bertz CT molecular complexity index is 916. The number of benzene rings is 2. The van der Waals surface area contributed by atoms with Gasteiger partial charge in [-0.05, 0) is 69.7 Å². The Kier molecular flexibility index (Phi) is 12.2.